The Labute approximate surface area is 163 Å². The molecule has 2 aromatic rings. The molecule has 1 N–H and O–H groups in total. The standard InChI is InChI=1S/C21H22O7/c1-4-27-20-11-14(6-9-17(20)25-2)5-8-16(22)15-7-10-18(19(12-15)26-3)28-13-21(23)24/h5-12H,4,13H2,1-3H3,(H,23,24)/b8-5+. The lowest BCUT2D eigenvalue weighted by Crippen LogP contribution is -2.10. The largest absolute Gasteiger partial charge is 0.493 e. The average Bonchev–Trinajstić information content (AvgIpc) is 2.70. The third kappa shape index (κ3) is 5.51. The Morgan fingerprint density at radius 2 is 1.64 bits per heavy atom. The summed E-state index contributed by atoms with van der Waals surface area (Å²) in [5.41, 5.74) is 1.17. The molecule has 0 atom stereocenters. The Morgan fingerprint density at radius 3 is 2.29 bits per heavy atom. The minimum absolute atomic E-state index is 0.239. The number of carbonyl (C=O) groups is 2. The number of hydrogen-bond donors (Lipinski definition) is 1. The van der Waals surface area contributed by atoms with E-state index in [1.165, 1.54) is 25.3 Å². The zero-order chi connectivity index (χ0) is 20.5. The lowest BCUT2D eigenvalue weighted by atomic mass is 10.1. The van der Waals surface area contributed by atoms with Gasteiger partial charge in [0.25, 0.3) is 0 Å². The van der Waals surface area contributed by atoms with Crippen LogP contribution < -0.4 is 18.9 Å². The Hall–Kier alpha value is -3.48. The summed E-state index contributed by atoms with van der Waals surface area (Å²) in [4.78, 5) is 23.1. The van der Waals surface area contributed by atoms with Gasteiger partial charge in [0.15, 0.2) is 35.4 Å². The quantitative estimate of drug-likeness (QED) is 0.494. The van der Waals surface area contributed by atoms with Crippen LogP contribution in [0.2, 0.25) is 0 Å². The molecule has 0 saturated heterocycles. The second-order valence-electron chi connectivity index (χ2n) is 5.59. The number of methoxy groups -OCH3 is 2. The van der Waals surface area contributed by atoms with Crippen molar-refractivity contribution in [2.45, 2.75) is 6.92 Å². The van der Waals surface area contributed by atoms with E-state index in [1.54, 1.807) is 31.4 Å². The number of hydrogen-bond acceptors (Lipinski definition) is 6. The fraction of sp³-hybridized carbons (Fsp3) is 0.238. The predicted octanol–water partition coefficient (Wildman–Crippen LogP) is 3.46. The number of ether oxygens (including phenoxy) is 4. The summed E-state index contributed by atoms with van der Waals surface area (Å²) < 4.78 is 21.1. The van der Waals surface area contributed by atoms with E-state index in [4.69, 9.17) is 24.1 Å². The molecular weight excluding hydrogens is 364 g/mol. The maximum absolute atomic E-state index is 12.5. The minimum Gasteiger partial charge on any atom is -0.493 e. The van der Waals surface area contributed by atoms with E-state index < -0.39 is 12.6 Å². The molecule has 0 spiro atoms. The number of benzene rings is 2. The lowest BCUT2D eigenvalue weighted by Gasteiger charge is -2.10. The second-order valence-corrected chi connectivity index (χ2v) is 5.59. The number of carboxylic acid groups (broad SMARTS) is 1. The first kappa shape index (κ1) is 20.8. The first-order valence-corrected chi connectivity index (χ1v) is 8.54. The Bertz CT molecular complexity index is 871. The van der Waals surface area contributed by atoms with Crippen molar-refractivity contribution in [3.63, 3.8) is 0 Å². The van der Waals surface area contributed by atoms with Crippen LogP contribution in [0.25, 0.3) is 6.08 Å². The monoisotopic (exact) mass is 386 g/mol. The van der Waals surface area contributed by atoms with Crippen molar-refractivity contribution in [3.8, 4) is 23.0 Å². The van der Waals surface area contributed by atoms with Crippen molar-refractivity contribution in [1.29, 1.82) is 0 Å². The van der Waals surface area contributed by atoms with Gasteiger partial charge in [-0.2, -0.15) is 0 Å². The van der Waals surface area contributed by atoms with Gasteiger partial charge in [-0.15, -0.1) is 0 Å². The average molecular weight is 386 g/mol. The van der Waals surface area contributed by atoms with Crippen LogP contribution in [-0.2, 0) is 4.79 Å². The topological polar surface area (TPSA) is 91.3 Å². The Kier molecular flexibility index (Phi) is 7.45. The van der Waals surface area contributed by atoms with Crippen LogP contribution in [0.4, 0.5) is 0 Å². The van der Waals surface area contributed by atoms with E-state index in [0.717, 1.165) is 5.56 Å². The summed E-state index contributed by atoms with van der Waals surface area (Å²) >= 11 is 0. The van der Waals surface area contributed by atoms with Gasteiger partial charge in [-0.25, -0.2) is 4.79 Å². The van der Waals surface area contributed by atoms with Gasteiger partial charge in [0.05, 0.1) is 20.8 Å². The van der Waals surface area contributed by atoms with Crippen LogP contribution in [0.3, 0.4) is 0 Å². The van der Waals surface area contributed by atoms with Gasteiger partial charge in [0, 0.05) is 5.56 Å². The van der Waals surface area contributed by atoms with Gasteiger partial charge < -0.3 is 24.1 Å². The minimum atomic E-state index is -1.10. The molecule has 0 aliphatic carbocycles. The van der Waals surface area contributed by atoms with Crippen LogP contribution in [0.1, 0.15) is 22.8 Å². The van der Waals surface area contributed by atoms with E-state index >= 15 is 0 Å². The van der Waals surface area contributed by atoms with Crippen LogP contribution in [-0.4, -0.2) is 44.3 Å². The van der Waals surface area contributed by atoms with Crippen LogP contribution in [0.15, 0.2) is 42.5 Å². The summed E-state index contributed by atoms with van der Waals surface area (Å²) in [6.45, 7) is 1.88. The molecule has 0 saturated carbocycles. The molecule has 0 aliphatic heterocycles. The number of allylic oxidation sites excluding steroid dienone is 1. The SMILES string of the molecule is CCOc1cc(/C=C/C(=O)c2ccc(OCC(=O)O)c(OC)c2)ccc1OC. The maximum Gasteiger partial charge on any atom is 0.341 e. The van der Waals surface area contributed by atoms with Crippen LogP contribution in [0, 0.1) is 0 Å². The first-order chi connectivity index (χ1) is 13.5. The third-order valence-electron chi connectivity index (χ3n) is 3.71. The molecule has 0 heterocycles. The van der Waals surface area contributed by atoms with E-state index in [0.29, 0.717) is 23.7 Å². The van der Waals surface area contributed by atoms with Gasteiger partial charge in [-0.3, -0.25) is 4.79 Å². The van der Waals surface area contributed by atoms with E-state index in [-0.39, 0.29) is 17.3 Å². The molecule has 0 amide bonds. The summed E-state index contributed by atoms with van der Waals surface area (Å²) in [6, 6.07) is 9.93. The molecule has 2 rings (SSSR count). The second kappa shape index (κ2) is 10.0. The van der Waals surface area contributed by atoms with Crippen molar-refractivity contribution in [3.05, 3.63) is 53.6 Å². The van der Waals surface area contributed by atoms with Gasteiger partial charge in [-0.1, -0.05) is 12.1 Å². The Morgan fingerprint density at radius 1 is 0.929 bits per heavy atom. The van der Waals surface area contributed by atoms with E-state index in [2.05, 4.69) is 0 Å². The lowest BCUT2D eigenvalue weighted by molar-refractivity contribution is -0.139. The summed E-state index contributed by atoms with van der Waals surface area (Å²) in [7, 11) is 2.98. The fourth-order valence-corrected chi connectivity index (χ4v) is 2.41. The molecule has 7 heteroatoms. The summed E-state index contributed by atoms with van der Waals surface area (Å²) in [6.07, 6.45) is 3.11. The zero-order valence-corrected chi connectivity index (χ0v) is 15.9. The fourth-order valence-electron chi connectivity index (χ4n) is 2.41. The highest BCUT2D eigenvalue weighted by Gasteiger charge is 2.11. The smallest absolute Gasteiger partial charge is 0.341 e. The van der Waals surface area contributed by atoms with Crippen molar-refractivity contribution < 1.29 is 33.6 Å². The number of aliphatic carboxylic acids is 1. The molecule has 0 aliphatic rings. The highest BCUT2D eigenvalue weighted by atomic mass is 16.5. The van der Waals surface area contributed by atoms with Crippen molar-refractivity contribution in [1.82, 2.24) is 0 Å². The highest BCUT2D eigenvalue weighted by Crippen LogP contribution is 2.30. The van der Waals surface area contributed by atoms with Gasteiger partial charge in [-0.05, 0) is 48.9 Å². The molecule has 0 unspecified atom stereocenters. The van der Waals surface area contributed by atoms with E-state index in [1.807, 2.05) is 13.0 Å². The Balaban J connectivity index is 2.17. The van der Waals surface area contributed by atoms with Crippen molar-refractivity contribution >= 4 is 17.8 Å². The molecule has 0 fully saturated rings. The molecule has 0 aromatic heterocycles. The van der Waals surface area contributed by atoms with Crippen LogP contribution >= 0.6 is 0 Å². The molecule has 0 radical (unpaired) electrons. The van der Waals surface area contributed by atoms with Crippen molar-refractivity contribution in [2.24, 2.45) is 0 Å². The summed E-state index contributed by atoms with van der Waals surface area (Å²) in [5, 5.41) is 8.70. The third-order valence-corrected chi connectivity index (χ3v) is 3.71. The zero-order valence-electron chi connectivity index (χ0n) is 15.9. The summed E-state index contributed by atoms with van der Waals surface area (Å²) in [5.74, 6) is 0.409. The number of carbonyl (C=O) groups excluding carboxylic acids is 1. The maximum atomic E-state index is 12.5. The predicted molar refractivity (Wildman–Crippen MR) is 104 cm³/mol. The van der Waals surface area contributed by atoms with Gasteiger partial charge >= 0.3 is 5.97 Å². The van der Waals surface area contributed by atoms with Crippen LogP contribution in [0.5, 0.6) is 23.0 Å². The molecule has 28 heavy (non-hydrogen) atoms. The van der Waals surface area contributed by atoms with E-state index in [9.17, 15) is 9.59 Å². The number of rotatable bonds is 10. The first-order valence-electron chi connectivity index (χ1n) is 8.54. The molecule has 0 bridgehead atoms. The molecule has 2 aromatic carbocycles. The molecule has 148 valence electrons. The molecule has 7 nitrogen and oxygen atoms in total. The normalized spacial score (nSPS) is 10.5. The number of carboxylic acids is 1. The van der Waals surface area contributed by atoms with Gasteiger partial charge in [0.2, 0.25) is 0 Å². The van der Waals surface area contributed by atoms with Gasteiger partial charge in [0.1, 0.15) is 0 Å². The highest BCUT2D eigenvalue weighted by molar-refractivity contribution is 6.07. The molecular formula is C21H22O7. The number of ketones is 1. The van der Waals surface area contributed by atoms with Crippen molar-refractivity contribution in [2.75, 3.05) is 27.4 Å².